The molecule has 1 N–H and O–H groups in total. The van der Waals surface area contributed by atoms with Gasteiger partial charge in [0.25, 0.3) is 5.91 Å². The molecule has 3 amide bonds. The topological polar surface area (TPSA) is 94.2 Å². The van der Waals surface area contributed by atoms with Crippen molar-refractivity contribution in [2.24, 2.45) is 0 Å². The van der Waals surface area contributed by atoms with Crippen molar-refractivity contribution in [2.75, 3.05) is 20.8 Å². The Balaban J connectivity index is 1.75. The molecule has 1 fully saturated rings. The van der Waals surface area contributed by atoms with E-state index < -0.39 is 24.5 Å². The van der Waals surface area contributed by atoms with Crippen LogP contribution in [-0.2, 0) is 20.9 Å². The molecule has 1 heterocycles. The molecule has 0 aliphatic carbocycles. The number of urea groups is 1. The molecular formula is C22H22N2O6. The highest BCUT2D eigenvalue weighted by Crippen LogP contribution is 2.30. The number of aryl methyl sites for hydroxylation is 1. The van der Waals surface area contributed by atoms with E-state index in [1.165, 1.54) is 20.3 Å². The van der Waals surface area contributed by atoms with Crippen LogP contribution in [0.15, 0.2) is 48.2 Å². The van der Waals surface area contributed by atoms with E-state index in [9.17, 15) is 14.4 Å². The predicted molar refractivity (Wildman–Crippen MR) is 109 cm³/mol. The van der Waals surface area contributed by atoms with Crippen LogP contribution in [-0.4, -0.2) is 43.6 Å². The summed E-state index contributed by atoms with van der Waals surface area (Å²) in [5.41, 5.74) is 2.86. The van der Waals surface area contributed by atoms with Gasteiger partial charge in [-0.2, -0.15) is 0 Å². The highest BCUT2D eigenvalue weighted by Gasteiger charge is 2.35. The van der Waals surface area contributed by atoms with E-state index in [2.05, 4.69) is 10.1 Å². The maximum absolute atomic E-state index is 12.4. The molecule has 1 aliphatic heterocycles. The Morgan fingerprint density at radius 2 is 1.90 bits per heavy atom. The van der Waals surface area contributed by atoms with E-state index in [1.54, 1.807) is 18.2 Å². The summed E-state index contributed by atoms with van der Waals surface area (Å²) in [5, 5.41) is 2.45. The SMILES string of the molecule is COC(=O)CN1C(=O)N/C(=C/c2ccc(OCc3cccc(C)c3)c(OC)c2)C1=O. The monoisotopic (exact) mass is 410 g/mol. The first-order chi connectivity index (χ1) is 14.4. The smallest absolute Gasteiger partial charge is 0.329 e. The van der Waals surface area contributed by atoms with Crippen molar-refractivity contribution in [3.8, 4) is 11.5 Å². The van der Waals surface area contributed by atoms with Gasteiger partial charge in [0.15, 0.2) is 11.5 Å². The van der Waals surface area contributed by atoms with Crippen molar-refractivity contribution in [3.05, 3.63) is 64.9 Å². The lowest BCUT2D eigenvalue weighted by Gasteiger charge is -2.12. The van der Waals surface area contributed by atoms with Gasteiger partial charge >= 0.3 is 12.0 Å². The number of ether oxygens (including phenoxy) is 3. The molecule has 2 aromatic carbocycles. The van der Waals surface area contributed by atoms with Gasteiger partial charge < -0.3 is 19.5 Å². The second kappa shape index (κ2) is 9.13. The first-order valence-electron chi connectivity index (χ1n) is 9.19. The third kappa shape index (κ3) is 4.78. The average molecular weight is 410 g/mol. The van der Waals surface area contributed by atoms with Crippen LogP contribution < -0.4 is 14.8 Å². The molecule has 30 heavy (non-hydrogen) atoms. The molecule has 2 aromatic rings. The number of imide groups is 1. The molecule has 3 rings (SSSR count). The Bertz CT molecular complexity index is 1010. The lowest BCUT2D eigenvalue weighted by molar-refractivity contribution is -0.143. The zero-order chi connectivity index (χ0) is 21.7. The summed E-state index contributed by atoms with van der Waals surface area (Å²) in [5.74, 6) is -0.254. The van der Waals surface area contributed by atoms with E-state index in [4.69, 9.17) is 9.47 Å². The van der Waals surface area contributed by atoms with Crippen molar-refractivity contribution in [1.29, 1.82) is 0 Å². The van der Waals surface area contributed by atoms with Crippen LogP contribution in [0.2, 0.25) is 0 Å². The van der Waals surface area contributed by atoms with Crippen molar-refractivity contribution in [2.45, 2.75) is 13.5 Å². The van der Waals surface area contributed by atoms with Crippen LogP contribution in [0.25, 0.3) is 6.08 Å². The third-order valence-corrected chi connectivity index (χ3v) is 4.45. The molecule has 0 aromatic heterocycles. The number of amides is 3. The Morgan fingerprint density at radius 1 is 1.10 bits per heavy atom. The van der Waals surface area contributed by atoms with Crippen LogP contribution in [0.1, 0.15) is 16.7 Å². The lowest BCUT2D eigenvalue weighted by atomic mass is 10.1. The van der Waals surface area contributed by atoms with Gasteiger partial charge in [0.2, 0.25) is 0 Å². The van der Waals surface area contributed by atoms with Gasteiger partial charge in [-0.25, -0.2) is 9.69 Å². The maximum Gasteiger partial charge on any atom is 0.329 e. The van der Waals surface area contributed by atoms with Gasteiger partial charge in [-0.15, -0.1) is 0 Å². The molecule has 156 valence electrons. The molecule has 0 bridgehead atoms. The Morgan fingerprint density at radius 3 is 2.60 bits per heavy atom. The minimum atomic E-state index is -0.684. The number of carbonyl (C=O) groups excluding carboxylic acids is 3. The number of nitrogens with one attached hydrogen (secondary N) is 1. The Labute approximate surface area is 174 Å². The van der Waals surface area contributed by atoms with Crippen LogP contribution in [0.5, 0.6) is 11.5 Å². The summed E-state index contributed by atoms with van der Waals surface area (Å²) >= 11 is 0. The predicted octanol–water partition coefficient (Wildman–Crippen LogP) is 2.65. The standard InChI is InChI=1S/C22H22N2O6/c1-14-5-4-6-16(9-14)13-30-18-8-7-15(11-19(18)28-2)10-17-21(26)24(22(27)23-17)12-20(25)29-3/h4-11H,12-13H2,1-3H3,(H,23,27)/b17-10+. The first-order valence-corrected chi connectivity index (χ1v) is 9.19. The third-order valence-electron chi connectivity index (χ3n) is 4.45. The van der Waals surface area contributed by atoms with Crippen molar-refractivity contribution in [3.63, 3.8) is 0 Å². The molecule has 8 nitrogen and oxygen atoms in total. The fourth-order valence-electron chi connectivity index (χ4n) is 2.93. The largest absolute Gasteiger partial charge is 0.493 e. The van der Waals surface area contributed by atoms with Gasteiger partial charge in [0, 0.05) is 0 Å². The Hall–Kier alpha value is -3.81. The van der Waals surface area contributed by atoms with Crippen molar-refractivity contribution in [1.82, 2.24) is 10.2 Å². The summed E-state index contributed by atoms with van der Waals surface area (Å²) in [6, 6.07) is 12.5. The van der Waals surface area contributed by atoms with E-state index in [1.807, 2.05) is 31.2 Å². The van der Waals surface area contributed by atoms with Crippen LogP contribution >= 0.6 is 0 Å². The zero-order valence-corrected chi connectivity index (χ0v) is 16.9. The molecule has 0 atom stereocenters. The van der Waals surface area contributed by atoms with E-state index in [-0.39, 0.29) is 5.70 Å². The van der Waals surface area contributed by atoms with Gasteiger partial charge in [-0.05, 0) is 36.3 Å². The maximum atomic E-state index is 12.4. The van der Waals surface area contributed by atoms with Gasteiger partial charge in [0.05, 0.1) is 14.2 Å². The van der Waals surface area contributed by atoms with Crippen LogP contribution in [0, 0.1) is 6.92 Å². The molecule has 1 aliphatic rings. The van der Waals surface area contributed by atoms with Crippen LogP contribution in [0.3, 0.4) is 0 Å². The second-order valence-corrected chi connectivity index (χ2v) is 6.64. The number of benzene rings is 2. The van der Waals surface area contributed by atoms with Crippen molar-refractivity contribution >= 4 is 24.0 Å². The van der Waals surface area contributed by atoms with Crippen molar-refractivity contribution < 1.29 is 28.6 Å². The molecule has 0 radical (unpaired) electrons. The molecule has 8 heteroatoms. The minimum absolute atomic E-state index is 0.0550. The summed E-state index contributed by atoms with van der Waals surface area (Å²) in [6.07, 6.45) is 1.50. The average Bonchev–Trinajstić information content (AvgIpc) is 2.99. The highest BCUT2D eigenvalue weighted by molar-refractivity contribution is 6.15. The van der Waals surface area contributed by atoms with E-state index >= 15 is 0 Å². The molecule has 0 spiro atoms. The lowest BCUT2D eigenvalue weighted by Crippen LogP contribution is -2.36. The number of nitrogens with zero attached hydrogens (tertiary/aromatic N) is 1. The quantitative estimate of drug-likeness (QED) is 0.428. The molecule has 1 saturated heterocycles. The molecule has 0 saturated carbocycles. The zero-order valence-electron chi connectivity index (χ0n) is 16.9. The highest BCUT2D eigenvalue weighted by atomic mass is 16.5. The first kappa shape index (κ1) is 20.9. The fraction of sp³-hybridized carbons (Fsp3) is 0.227. The minimum Gasteiger partial charge on any atom is -0.493 e. The number of methoxy groups -OCH3 is 2. The summed E-state index contributed by atoms with van der Waals surface area (Å²) in [6.45, 7) is 1.95. The fourth-order valence-corrected chi connectivity index (χ4v) is 2.93. The molecular weight excluding hydrogens is 388 g/mol. The number of esters is 1. The number of hydrogen-bond donors (Lipinski definition) is 1. The summed E-state index contributed by atoms with van der Waals surface area (Å²) in [7, 11) is 2.71. The molecule has 0 unspecified atom stereocenters. The summed E-state index contributed by atoms with van der Waals surface area (Å²) < 4.78 is 15.8. The normalized spacial score (nSPS) is 14.6. The van der Waals surface area contributed by atoms with Gasteiger partial charge in [-0.3, -0.25) is 9.59 Å². The van der Waals surface area contributed by atoms with E-state index in [0.29, 0.717) is 23.7 Å². The van der Waals surface area contributed by atoms with E-state index in [0.717, 1.165) is 16.0 Å². The number of carbonyl (C=O) groups is 3. The van der Waals surface area contributed by atoms with Gasteiger partial charge in [-0.1, -0.05) is 35.9 Å². The van der Waals surface area contributed by atoms with Gasteiger partial charge in [0.1, 0.15) is 18.8 Å². The Kier molecular flexibility index (Phi) is 6.36. The number of rotatable bonds is 7. The second-order valence-electron chi connectivity index (χ2n) is 6.64. The van der Waals surface area contributed by atoms with Crippen LogP contribution in [0.4, 0.5) is 4.79 Å². The number of hydrogen-bond acceptors (Lipinski definition) is 6. The summed E-state index contributed by atoms with van der Waals surface area (Å²) in [4.78, 5) is 36.5.